The molecule has 2 rings (SSSR count). The zero-order valence-electron chi connectivity index (χ0n) is 10.6. The van der Waals surface area contributed by atoms with Gasteiger partial charge in [0, 0.05) is 16.8 Å². The Morgan fingerprint density at radius 3 is 2.60 bits per heavy atom. The molecule has 20 heavy (non-hydrogen) atoms. The standard InChI is InChI=1S/C14H11ClN2O3/c1-9-6-7-10(8-12(9)15)16-14(18)11-4-2-3-5-13(11)17(19)20/h2-8H,1H3,(H,16,18). The molecule has 0 bridgehead atoms. The number of aryl methyl sites for hydroxylation is 1. The monoisotopic (exact) mass is 290 g/mol. The van der Waals surface area contributed by atoms with Crippen molar-refractivity contribution >= 4 is 28.9 Å². The number of nitrogens with zero attached hydrogens (tertiary/aromatic N) is 1. The Balaban J connectivity index is 2.28. The minimum absolute atomic E-state index is 0.00852. The van der Waals surface area contributed by atoms with E-state index in [4.69, 9.17) is 11.6 Å². The lowest BCUT2D eigenvalue weighted by Crippen LogP contribution is -2.13. The molecule has 1 amide bonds. The fourth-order valence-corrected chi connectivity index (χ4v) is 1.87. The molecule has 0 spiro atoms. The number of rotatable bonds is 3. The fourth-order valence-electron chi connectivity index (χ4n) is 1.69. The van der Waals surface area contributed by atoms with Crippen molar-refractivity contribution in [2.75, 3.05) is 5.32 Å². The maximum absolute atomic E-state index is 12.1. The van der Waals surface area contributed by atoms with Crippen LogP contribution in [0.4, 0.5) is 11.4 Å². The number of halogens is 1. The van der Waals surface area contributed by atoms with E-state index >= 15 is 0 Å². The largest absolute Gasteiger partial charge is 0.322 e. The third kappa shape index (κ3) is 2.95. The number of amides is 1. The van der Waals surface area contributed by atoms with Crippen molar-refractivity contribution in [2.45, 2.75) is 6.92 Å². The van der Waals surface area contributed by atoms with Gasteiger partial charge in [-0.1, -0.05) is 29.8 Å². The molecule has 0 saturated heterocycles. The molecule has 0 aliphatic rings. The number of nitrogens with one attached hydrogen (secondary N) is 1. The van der Waals surface area contributed by atoms with Crippen LogP contribution in [-0.4, -0.2) is 10.8 Å². The number of carbonyl (C=O) groups excluding carboxylic acids is 1. The summed E-state index contributed by atoms with van der Waals surface area (Å²) in [6.07, 6.45) is 0. The zero-order valence-corrected chi connectivity index (χ0v) is 11.3. The first-order valence-electron chi connectivity index (χ1n) is 5.80. The Morgan fingerprint density at radius 1 is 1.25 bits per heavy atom. The van der Waals surface area contributed by atoms with E-state index in [1.165, 1.54) is 18.2 Å². The van der Waals surface area contributed by atoms with Gasteiger partial charge in [-0.05, 0) is 30.7 Å². The van der Waals surface area contributed by atoms with Gasteiger partial charge in [-0.15, -0.1) is 0 Å². The fraction of sp³-hybridized carbons (Fsp3) is 0.0714. The smallest absolute Gasteiger partial charge is 0.282 e. The first-order chi connectivity index (χ1) is 9.49. The Kier molecular flexibility index (Phi) is 4.00. The van der Waals surface area contributed by atoms with E-state index in [2.05, 4.69) is 5.32 Å². The highest BCUT2D eigenvalue weighted by molar-refractivity contribution is 6.31. The van der Waals surface area contributed by atoms with Crippen LogP contribution in [0.15, 0.2) is 42.5 Å². The summed E-state index contributed by atoms with van der Waals surface area (Å²) in [6.45, 7) is 1.84. The number of nitro benzene ring substituents is 1. The second kappa shape index (κ2) is 5.71. The molecule has 0 aliphatic carbocycles. The molecule has 0 aliphatic heterocycles. The van der Waals surface area contributed by atoms with E-state index in [0.29, 0.717) is 10.7 Å². The molecule has 2 aromatic carbocycles. The van der Waals surface area contributed by atoms with Gasteiger partial charge in [-0.3, -0.25) is 14.9 Å². The summed E-state index contributed by atoms with van der Waals surface area (Å²) in [5.74, 6) is -0.544. The molecular formula is C14H11ClN2O3. The van der Waals surface area contributed by atoms with Crippen LogP contribution in [0.25, 0.3) is 0 Å². The first kappa shape index (κ1) is 14.0. The number of benzene rings is 2. The van der Waals surface area contributed by atoms with Crippen molar-refractivity contribution in [3.8, 4) is 0 Å². The van der Waals surface area contributed by atoms with Gasteiger partial charge >= 0.3 is 0 Å². The summed E-state index contributed by atoms with van der Waals surface area (Å²) < 4.78 is 0. The molecule has 6 heteroatoms. The molecule has 0 radical (unpaired) electrons. The quantitative estimate of drug-likeness (QED) is 0.690. The maximum Gasteiger partial charge on any atom is 0.282 e. The predicted octanol–water partition coefficient (Wildman–Crippen LogP) is 3.81. The molecular weight excluding hydrogens is 280 g/mol. The van der Waals surface area contributed by atoms with Crippen LogP contribution < -0.4 is 5.32 Å². The average Bonchev–Trinajstić information content (AvgIpc) is 2.43. The number of hydrogen-bond acceptors (Lipinski definition) is 3. The van der Waals surface area contributed by atoms with Gasteiger partial charge in [0.15, 0.2) is 0 Å². The van der Waals surface area contributed by atoms with Crippen LogP contribution in [0.3, 0.4) is 0 Å². The van der Waals surface area contributed by atoms with Gasteiger partial charge in [-0.25, -0.2) is 0 Å². The number of nitro groups is 1. The van der Waals surface area contributed by atoms with Gasteiger partial charge in [0.2, 0.25) is 0 Å². The van der Waals surface area contributed by atoms with Crippen molar-refractivity contribution in [2.24, 2.45) is 0 Å². The Labute approximate surface area is 120 Å². The molecule has 5 nitrogen and oxygen atoms in total. The van der Waals surface area contributed by atoms with Crippen LogP contribution in [0.5, 0.6) is 0 Å². The lowest BCUT2D eigenvalue weighted by Gasteiger charge is -2.07. The second-order valence-corrected chi connectivity index (χ2v) is 4.60. The molecule has 1 N–H and O–H groups in total. The maximum atomic E-state index is 12.1. The van der Waals surface area contributed by atoms with Gasteiger partial charge in [0.1, 0.15) is 5.56 Å². The van der Waals surface area contributed by atoms with Crippen LogP contribution in [0.1, 0.15) is 15.9 Å². The lowest BCUT2D eigenvalue weighted by molar-refractivity contribution is -0.385. The van der Waals surface area contributed by atoms with E-state index in [0.717, 1.165) is 5.56 Å². The van der Waals surface area contributed by atoms with E-state index in [1.54, 1.807) is 24.3 Å². The third-order valence-corrected chi connectivity index (χ3v) is 3.18. The van der Waals surface area contributed by atoms with Crippen LogP contribution >= 0.6 is 11.6 Å². The molecule has 0 heterocycles. The van der Waals surface area contributed by atoms with Gasteiger partial charge in [0.05, 0.1) is 4.92 Å². The van der Waals surface area contributed by atoms with Crippen LogP contribution in [0, 0.1) is 17.0 Å². The lowest BCUT2D eigenvalue weighted by atomic mass is 10.1. The summed E-state index contributed by atoms with van der Waals surface area (Å²) in [6, 6.07) is 10.8. The summed E-state index contributed by atoms with van der Waals surface area (Å²) in [4.78, 5) is 22.4. The summed E-state index contributed by atoms with van der Waals surface area (Å²) in [5.41, 5.74) is 1.15. The van der Waals surface area contributed by atoms with E-state index in [9.17, 15) is 14.9 Å². The SMILES string of the molecule is Cc1ccc(NC(=O)c2ccccc2[N+](=O)[O-])cc1Cl. The topological polar surface area (TPSA) is 72.2 Å². The molecule has 0 fully saturated rings. The highest BCUT2D eigenvalue weighted by atomic mass is 35.5. The molecule has 2 aromatic rings. The van der Waals surface area contributed by atoms with Crippen molar-refractivity contribution in [3.05, 3.63) is 68.7 Å². The predicted molar refractivity (Wildman–Crippen MR) is 77.2 cm³/mol. The number of para-hydroxylation sites is 1. The van der Waals surface area contributed by atoms with Crippen molar-refractivity contribution in [3.63, 3.8) is 0 Å². The normalized spacial score (nSPS) is 10.1. The Hall–Kier alpha value is -2.40. The zero-order chi connectivity index (χ0) is 14.7. The Bertz CT molecular complexity index is 686. The highest BCUT2D eigenvalue weighted by Crippen LogP contribution is 2.22. The van der Waals surface area contributed by atoms with Crippen LogP contribution in [-0.2, 0) is 0 Å². The molecule has 0 unspecified atom stereocenters. The van der Waals surface area contributed by atoms with E-state index in [1.807, 2.05) is 6.92 Å². The van der Waals surface area contributed by atoms with Gasteiger partial charge < -0.3 is 5.32 Å². The van der Waals surface area contributed by atoms with Crippen LogP contribution in [0.2, 0.25) is 5.02 Å². The summed E-state index contributed by atoms with van der Waals surface area (Å²) in [5, 5.41) is 14.0. The van der Waals surface area contributed by atoms with Crippen molar-refractivity contribution < 1.29 is 9.72 Å². The average molecular weight is 291 g/mol. The Morgan fingerprint density at radius 2 is 1.95 bits per heavy atom. The van der Waals surface area contributed by atoms with E-state index < -0.39 is 10.8 Å². The van der Waals surface area contributed by atoms with Crippen molar-refractivity contribution in [1.29, 1.82) is 0 Å². The second-order valence-electron chi connectivity index (χ2n) is 4.19. The minimum atomic E-state index is -0.586. The molecule has 0 aromatic heterocycles. The summed E-state index contributed by atoms with van der Waals surface area (Å²) >= 11 is 5.97. The third-order valence-electron chi connectivity index (χ3n) is 2.78. The summed E-state index contributed by atoms with van der Waals surface area (Å²) in [7, 11) is 0. The number of anilines is 1. The molecule has 0 atom stereocenters. The number of carbonyl (C=O) groups is 1. The first-order valence-corrected chi connectivity index (χ1v) is 6.18. The van der Waals surface area contributed by atoms with Crippen molar-refractivity contribution in [1.82, 2.24) is 0 Å². The minimum Gasteiger partial charge on any atom is -0.322 e. The molecule has 102 valence electrons. The van der Waals surface area contributed by atoms with Gasteiger partial charge in [0.25, 0.3) is 11.6 Å². The van der Waals surface area contributed by atoms with E-state index in [-0.39, 0.29) is 11.3 Å². The highest BCUT2D eigenvalue weighted by Gasteiger charge is 2.19. The number of hydrogen-bond donors (Lipinski definition) is 1. The molecule has 0 saturated carbocycles. The van der Waals surface area contributed by atoms with Gasteiger partial charge in [-0.2, -0.15) is 0 Å².